The van der Waals surface area contributed by atoms with Gasteiger partial charge in [0, 0.05) is 32.7 Å². The topological polar surface area (TPSA) is 79.3 Å². The first-order valence-corrected chi connectivity index (χ1v) is 9.51. The van der Waals surface area contributed by atoms with Gasteiger partial charge >= 0.3 is 12.1 Å². The first-order chi connectivity index (χ1) is 13.4. The first kappa shape index (κ1) is 19.9. The highest BCUT2D eigenvalue weighted by atomic mass is 16.6. The lowest BCUT2D eigenvalue weighted by atomic mass is 10.1. The van der Waals surface area contributed by atoms with Crippen LogP contribution < -0.4 is 4.74 Å². The molecule has 0 atom stereocenters. The molecule has 150 valence electrons. The predicted octanol–water partition coefficient (Wildman–Crippen LogP) is 3.08. The van der Waals surface area contributed by atoms with Crippen LogP contribution in [0.3, 0.4) is 0 Å². The lowest BCUT2D eigenvalue weighted by Gasteiger charge is -2.34. The minimum Gasteiger partial charge on any atom is -0.491 e. The number of piperazine rings is 1. The van der Waals surface area contributed by atoms with Gasteiger partial charge in [0.2, 0.25) is 0 Å². The van der Waals surface area contributed by atoms with Crippen molar-refractivity contribution in [1.82, 2.24) is 9.80 Å². The third kappa shape index (κ3) is 4.92. The Labute approximate surface area is 164 Å². The highest BCUT2D eigenvalue weighted by Crippen LogP contribution is 2.26. The summed E-state index contributed by atoms with van der Waals surface area (Å²) in [6.45, 7) is 7.42. The number of benzene rings is 2. The van der Waals surface area contributed by atoms with Gasteiger partial charge in [-0.15, -0.1) is 0 Å². The molecule has 1 aliphatic heterocycles. The smallest absolute Gasteiger partial charge is 0.410 e. The average Bonchev–Trinajstić information content (AvgIpc) is 2.67. The van der Waals surface area contributed by atoms with Crippen molar-refractivity contribution in [3.05, 3.63) is 42.0 Å². The van der Waals surface area contributed by atoms with E-state index in [0.717, 1.165) is 23.9 Å². The molecule has 0 radical (unpaired) electrons. The van der Waals surface area contributed by atoms with Gasteiger partial charge in [-0.2, -0.15) is 0 Å². The normalized spacial score (nSPS) is 15.0. The number of nitrogens with zero attached hydrogens (tertiary/aromatic N) is 2. The van der Waals surface area contributed by atoms with Gasteiger partial charge in [0.25, 0.3) is 0 Å². The Morgan fingerprint density at radius 2 is 1.71 bits per heavy atom. The second kappa shape index (κ2) is 8.93. The quantitative estimate of drug-likeness (QED) is 0.822. The number of fused-ring (bicyclic) bond motifs is 1. The number of carboxylic acid groups (broad SMARTS) is 1. The molecule has 1 heterocycles. The van der Waals surface area contributed by atoms with Gasteiger partial charge in [0.05, 0.1) is 6.10 Å². The van der Waals surface area contributed by atoms with Crippen LogP contribution in [0.2, 0.25) is 0 Å². The van der Waals surface area contributed by atoms with Crippen LogP contribution in [-0.4, -0.2) is 72.4 Å². The zero-order valence-corrected chi connectivity index (χ0v) is 16.3. The van der Waals surface area contributed by atoms with Crippen molar-refractivity contribution in [2.24, 2.45) is 0 Å². The van der Waals surface area contributed by atoms with Gasteiger partial charge in [-0.25, -0.2) is 9.59 Å². The summed E-state index contributed by atoms with van der Waals surface area (Å²) < 4.78 is 11.0. The monoisotopic (exact) mass is 386 g/mol. The number of carbonyl (C=O) groups is 2. The third-order valence-electron chi connectivity index (χ3n) is 4.71. The van der Waals surface area contributed by atoms with Crippen LogP contribution >= 0.6 is 0 Å². The van der Waals surface area contributed by atoms with Crippen LogP contribution in [0, 0.1) is 0 Å². The lowest BCUT2D eigenvalue weighted by Crippen LogP contribution is -2.50. The van der Waals surface area contributed by atoms with Gasteiger partial charge in [0.1, 0.15) is 17.9 Å². The Morgan fingerprint density at radius 1 is 1.07 bits per heavy atom. The molecule has 1 amide bonds. The molecule has 1 aliphatic rings. The van der Waals surface area contributed by atoms with Gasteiger partial charge < -0.3 is 19.5 Å². The molecule has 0 aliphatic carbocycles. The average molecular weight is 386 g/mol. The standard InChI is InChI=1S/C21H26N2O5/c1-15(2)28-21(26)23-9-7-22(8-10-23)11-12-27-19-14-17-6-4-3-5-16(17)13-18(19)20(24)25/h3-6,13-15H,7-12H2,1-2H3,(H,24,25). The molecule has 0 aromatic heterocycles. The van der Waals surface area contributed by atoms with Crippen LogP contribution in [0.25, 0.3) is 10.8 Å². The molecule has 1 fully saturated rings. The van der Waals surface area contributed by atoms with Crippen LogP contribution in [0.4, 0.5) is 4.79 Å². The second-order valence-corrected chi connectivity index (χ2v) is 7.11. The Hall–Kier alpha value is -2.80. The fraction of sp³-hybridized carbons (Fsp3) is 0.429. The number of rotatable bonds is 6. The Balaban J connectivity index is 1.54. The van der Waals surface area contributed by atoms with Crippen molar-refractivity contribution in [1.29, 1.82) is 0 Å². The summed E-state index contributed by atoms with van der Waals surface area (Å²) >= 11 is 0. The van der Waals surface area contributed by atoms with Crippen molar-refractivity contribution in [3.63, 3.8) is 0 Å². The van der Waals surface area contributed by atoms with Crippen molar-refractivity contribution in [2.75, 3.05) is 39.3 Å². The number of hydrogen-bond acceptors (Lipinski definition) is 5. The molecule has 0 unspecified atom stereocenters. The molecule has 28 heavy (non-hydrogen) atoms. The van der Waals surface area contributed by atoms with Crippen molar-refractivity contribution in [2.45, 2.75) is 20.0 Å². The molecule has 7 nitrogen and oxygen atoms in total. The number of ether oxygens (including phenoxy) is 2. The molecule has 2 aromatic rings. The highest BCUT2D eigenvalue weighted by molar-refractivity contribution is 5.97. The van der Waals surface area contributed by atoms with E-state index < -0.39 is 5.97 Å². The summed E-state index contributed by atoms with van der Waals surface area (Å²) in [4.78, 5) is 27.4. The van der Waals surface area contributed by atoms with E-state index in [1.807, 2.05) is 38.1 Å². The Kier molecular flexibility index (Phi) is 6.36. The van der Waals surface area contributed by atoms with E-state index in [4.69, 9.17) is 9.47 Å². The zero-order chi connectivity index (χ0) is 20.1. The van der Waals surface area contributed by atoms with E-state index in [-0.39, 0.29) is 17.8 Å². The molecule has 2 aromatic carbocycles. The maximum Gasteiger partial charge on any atom is 0.410 e. The Bertz CT molecular complexity index is 844. The van der Waals surface area contributed by atoms with E-state index >= 15 is 0 Å². The van der Waals surface area contributed by atoms with Crippen molar-refractivity contribution < 1.29 is 24.2 Å². The number of amides is 1. The van der Waals surface area contributed by atoms with Crippen molar-refractivity contribution in [3.8, 4) is 5.75 Å². The van der Waals surface area contributed by atoms with Crippen LogP contribution in [-0.2, 0) is 4.74 Å². The number of carboxylic acids is 1. The van der Waals surface area contributed by atoms with E-state index in [9.17, 15) is 14.7 Å². The summed E-state index contributed by atoms with van der Waals surface area (Å²) in [5.41, 5.74) is 0.167. The second-order valence-electron chi connectivity index (χ2n) is 7.11. The molecule has 1 saturated heterocycles. The number of carbonyl (C=O) groups excluding carboxylic acids is 1. The summed E-state index contributed by atoms with van der Waals surface area (Å²) in [7, 11) is 0. The summed E-state index contributed by atoms with van der Waals surface area (Å²) in [5.74, 6) is -0.622. The van der Waals surface area contributed by atoms with Gasteiger partial charge in [0.15, 0.2) is 0 Å². The fourth-order valence-corrected chi connectivity index (χ4v) is 3.22. The SMILES string of the molecule is CC(C)OC(=O)N1CCN(CCOc2cc3ccccc3cc2C(=O)O)CC1. The van der Waals surface area contributed by atoms with Crippen LogP contribution in [0.1, 0.15) is 24.2 Å². The lowest BCUT2D eigenvalue weighted by molar-refractivity contribution is 0.0548. The molecular formula is C21H26N2O5. The molecule has 0 saturated carbocycles. The molecule has 3 rings (SSSR count). The predicted molar refractivity (Wildman–Crippen MR) is 106 cm³/mol. The van der Waals surface area contributed by atoms with Gasteiger partial charge in [-0.05, 0) is 36.8 Å². The van der Waals surface area contributed by atoms with E-state index in [0.29, 0.717) is 32.0 Å². The Morgan fingerprint density at radius 3 is 2.32 bits per heavy atom. The summed E-state index contributed by atoms with van der Waals surface area (Å²) in [6.07, 6.45) is -0.391. The molecule has 1 N–H and O–H groups in total. The van der Waals surface area contributed by atoms with Gasteiger partial charge in [-0.1, -0.05) is 24.3 Å². The maximum absolute atomic E-state index is 11.9. The molecular weight excluding hydrogens is 360 g/mol. The van der Waals surface area contributed by atoms with Crippen LogP contribution in [0.15, 0.2) is 36.4 Å². The largest absolute Gasteiger partial charge is 0.491 e. The van der Waals surface area contributed by atoms with Gasteiger partial charge in [-0.3, -0.25) is 4.90 Å². The molecule has 0 spiro atoms. The third-order valence-corrected chi connectivity index (χ3v) is 4.71. The first-order valence-electron chi connectivity index (χ1n) is 9.51. The molecule has 0 bridgehead atoms. The minimum atomic E-state index is -1.00. The fourth-order valence-electron chi connectivity index (χ4n) is 3.22. The van der Waals surface area contributed by atoms with Crippen LogP contribution in [0.5, 0.6) is 5.75 Å². The number of hydrogen-bond donors (Lipinski definition) is 1. The zero-order valence-electron chi connectivity index (χ0n) is 16.3. The summed E-state index contributed by atoms with van der Waals surface area (Å²) in [6, 6.07) is 11.0. The maximum atomic E-state index is 11.9. The molecule has 7 heteroatoms. The van der Waals surface area contributed by atoms with Crippen molar-refractivity contribution >= 4 is 22.8 Å². The highest BCUT2D eigenvalue weighted by Gasteiger charge is 2.22. The minimum absolute atomic E-state index is 0.121. The summed E-state index contributed by atoms with van der Waals surface area (Å²) in [5, 5.41) is 11.3. The van der Waals surface area contributed by atoms with E-state index in [1.165, 1.54) is 0 Å². The van der Waals surface area contributed by atoms with E-state index in [2.05, 4.69) is 4.90 Å². The van der Waals surface area contributed by atoms with E-state index in [1.54, 1.807) is 17.0 Å². The number of aromatic carboxylic acids is 1.